The number of ether oxygens (including phenoxy) is 2. The van der Waals surface area contributed by atoms with Crippen LogP contribution in [-0.4, -0.2) is 80.9 Å². The molecule has 0 aliphatic carbocycles. The first kappa shape index (κ1) is 21.9. The van der Waals surface area contributed by atoms with E-state index in [0.29, 0.717) is 18.6 Å². The summed E-state index contributed by atoms with van der Waals surface area (Å²) in [6, 6.07) is 8.87. The van der Waals surface area contributed by atoms with Crippen molar-refractivity contribution < 1.29 is 9.47 Å². The summed E-state index contributed by atoms with van der Waals surface area (Å²) in [7, 11) is 1.64. The van der Waals surface area contributed by atoms with Crippen molar-refractivity contribution in [2.45, 2.75) is 37.9 Å². The van der Waals surface area contributed by atoms with Gasteiger partial charge in [-0.2, -0.15) is 10.2 Å². The van der Waals surface area contributed by atoms with Crippen molar-refractivity contribution in [3.63, 3.8) is 0 Å². The molecule has 11 nitrogen and oxygen atoms in total. The second kappa shape index (κ2) is 9.59. The maximum Gasteiger partial charge on any atom is 0.151 e. The lowest BCUT2D eigenvalue weighted by Crippen LogP contribution is -2.49. The van der Waals surface area contributed by atoms with Crippen LogP contribution in [0.5, 0.6) is 5.75 Å². The molecule has 0 spiro atoms. The van der Waals surface area contributed by atoms with E-state index in [9.17, 15) is 0 Å². The second-order valence-electron chi connectivity index (χ2n) is 9.20. The van der Waals surface area contributed by atoms with E-state index in [2.05, 4.69) is 47.0 Å². The first-order valence-corrected chi connectivity index (χ1v) is 12.1. The van der Waals surface area contributed by atoms with Crippen LogP contribution in [0.3, 0.4) is 0 Å². The summed E-state index contributed by atoms with van der Waals surface area (Å²) in [6.45, 7) is 4.12. The van der Waals surface area contributed by atoms with Gasteiger partial charge in [0, 0.05) is 48.8 Å². The number of nitrogens with one attached hydrogen (secondary N) is 2. The van der Waals surface area contributed by atoms with Crippen LogP contribution in [-0.2, 0) is 11.3 Å². The summed E-state index contributed by atoms with van der Waals surface area (Å²) in [5.41, 5.74) is 3.39. The van der Waals surface area contributed by atoms with E-state index in [1.165, 1.54) is 6.42 Å². The Bertz CT molecular complexity index is 1280. The van der Waals surface area contributed by atoms with Gasteiger partial charge in [-0.25, -0.2) is 4.68 Å². The van der Waals surface area contributed by atoms with Gasteiger partial charge in [0.15, 0.2) is 5.82 Å². The van der Waals surface area contributed by atoms with E-state index >= 15 is 0 Å². The van der Waals surface area contributed by atoms with Gasteiger partial charge in [0.2, 0.25) is 0 Å². The van der Waals surface area contributed by atoms with Gasteiger partial charge in [0.05, 0.1) is 43.9 Å². The van der Waals surface area contributed by atoms with Crippen molar-refractivity contribution in [3.05, 3.63) is 42.4 Å². The van der Waals surface area contributed by atoms with E-state index in [1.54, 1.807) is 18.0 Å². The number of aromatic amines is 1. The lowest BCUT2D eigenvalue weighted by molar-refractivity contribution is 0.187. The molecule has 11 heteroatoms. The van der Waals surface area contributed by atoms with Crippen molar-refractivity contribution in [1.29, 1.82) is 0 Å². The lowest BCUT2D eigenvalue weighted by Gasteiger charge is -2.35. The van der Waals surface area contributed by atoms with Gasteiger partial charge in [-0.15, -0.1) is 10.2 Å². The highest BCUT2D eigenvalue weighted by atomic mass is 16.5. The number of fused-ring (bicyclic) bond motifs is 1. The Labute approximate surface area is 202 Å². The van der Waals surface area contributed by atoms with E-state index in [1.807, 2.05) is 24.4 Å². The average molecular weight is 476 g/mol. The molecule has 182 valence electrons. The molecule has 4 aromatic rings. The maximum absolute atomic E-state index is 5.50. The predicted octanol–water partition coefficient (Wildman–Crippen LogP) is 2.02. The fourth-order valence-corrected chi connectivity index (χ4v) is 4.95. The summed E-state index contributed by atoms with van der Waals surface area (Å²) < 4.78 is 12.7. The Morgan fingerprint density at radius 1 is 1.17 bits per heavy atom. The topological polar surface area (TPSA) is 119 Å². The van der Waals surface area contributed by atoms with Crippen LogP contribution in [0.15, 0.2) is 36.7 Å². The smallest absolute Gasteiger partial charge is 0.151 e. The van der Waals surface area contributed by atoms with Crippen molar-refractivity contribution in [3.8, 4) is 17.0 Å². The highest BCUT2D eigenvalue weighted by molar-refractivity contribution is 5.94. The number of H-pyrrole nitrogens is 1. The Morgan fingerprint density at radius 2 is 2.14 bits per heavy atom. The quantitative estimate of drug-likeness (QED) is 0.414. The van der Waals surface area contributed by atoms with Gasteiger partial charge < -0.3 is 19.7 Å². The molecule has 0 radical (unpaired) electrons. The highest BCUT2D eigenvalue weighted by Gasteiger charge is 2.25. The molecule has 0 amide bonds. The van der Waals surface area contributed by atoms with Crippen molar-refractivity contribution in [2.24, 2.45) is 0 Å². The fourth-order valence-electron chi connectivity index (χ4n) is 4.95. The number of anilines is 1. The monoisotopic (exact) mass is 475 g/mol. The van der Waals surface area contributed by atoms with Gasteiger partial charge in [-0.1, -0.05) is 5.21 Å². The van der Waals surface area contributed by atoms with Crippen LogP contribution in [0.4, 0.5) is 5.82 Å². The zero-order valence-electron chi connectivity index (χ0n) is 19.7. The molecule has 3 aromatic heterocycles. The van der Waals surface area contributed by atoms with Crippen molar-refractivity contribution >= 4 is 16.7 Å². The molecule has 1 aromatic carbocycles. The molecule has 2 N–H and O–H groups in total. The molecule has 0 saturated carbocycles. The number of benzene rings is 1. The number of piperidine rings is 1. The van der Waals surface area contributed by atoms with Gasteiger partial charge >= 0.3 is 0 Å². The van der Waals surface area contributed by atoms with Gasteiger partial charge in [-0.3, -0.25) is 5.10 Å². The Hall–Kier alpha value is -3.57. The predicted molar refractivity (Wildman–Crippen MR) is 130 cm³/mol. The first-order chi connectivity index (χ1) is 17.2. The number of methoxy groups -OCH3 is 1. The third-order valence-corrected chi connectivity index (χ3v) is 6.76. The molecule has 2 aliphatic heterocycles. The molecule has 1 unspecified atom stereocenters. The summed E-state index contributed by atoms with van der Waals surface area (Å²) in [6.07, 6.45) is 7.12. The fraction of sp³-hybridized carbons (Fsp3) is 0.458. The first-order valence-electron chi connectivity index (χ1n) is 12.1. The Morgan fingerprint density at radius 3 is 2.97 bits per heavy atom. The van der Waals surface area contributed by atoms with Crippen molar-refractivity contribution in [1.82, 2.24) is 40.7 Å². The van der Waals surface area contributed by atoms with E-state index in [4.69, 9.17) is 9.47 Å². The van der Waals surface area contributed by atoms with Crippen LogP contribution in [0.1, 0.15) is 25.0 Å². The largest absolute Gasteiger partial charge is 0.497 e. The van der Waals surface area contributed by atoms with E-state index in [-0.39, 0.29) is 0 Å². The van der Waals surface area contributed by atoms with Crippen LogP contribution in [0.25, 0.3) is 22.2 Å². The van der Waals surface area contributed by atoms with Crippen LogP contribution < -0.4 is 15.0 Å². The summed E-state index contributed by atoms with van der Waals surface area (Å²) >= 11 is 0. The normalized spacial score (nSPS) is 20.5. The van der Waals surface area contributed by atoms with E-state index in [0.717, 1.165) is 78.6 Å². The molecule has 2 atom stereocenters. The number of nitrogens with zero attached hydrogens (tertiary/aromatic N) is 7. The molecule has 2 fully saturated rings. The molecule has 2 saturated heterocycles. The van der Waals surface area contributed by atoms with Crippen LogP contribution in [0, 0.1) is 0 Å². The Kier molecular flexibility index (Phi) is 6.01. The van der Waals surface area contributed by atoms with Gasteiger partial charge in [-0.05, 0) is 37.5 Å². The molecule has 2 aliphatic rings. The molecule has 6 rings (SSSR count). The highest BCUT2D eigenvalue weighted by Crippen LogP contribution is 2.30. The molecule has 35 heavy (non-hydrogen) atoms. The van der Waals surface area contributed by atoms with Gasteiger partial charge in [0.1, 0.15) is 11.4 Å². The zero-order chi connectivity index (χ0) is 23.6. The average Bonchev–Trinajstić information content (AvgIpc) is 3.66. The minimum atomic E-state index is 0.462. The Balaban J connectivity index is 1.13. The molecular weight excluding hydrogens is 446 g/mol. The molecular formula is C24H29N9O2. The lowest BCUT2D eigenvalue weighted by atomic mass is 10.0. The second-order valence-corrected chi connectivity index (χ2v) is 9.20. The van der Waals surface area contributed by atoms with Crippen LogP contribution >= 0.6 is 0 Å². The summed E-state index contributed by atoms with van der Waals surface area (Å²) in [5.74, 6) is 1.65. The zero-order valence-corrected chi connectivity index (χ0v) is 19.7. The van der Waals surface area contributed by atoms with Crippen molar-refractivity contribution in [2.75, 3.05) is 38.3 Å². The third kappa shape index (κ3) is 4.69. The molecule has 0 bridgehead atoms. The number of hydrogen-bond donors (Lipinski definition) is 2. The standard InChI is InChI=1S/C24H29N9O2/c1-34-19-9-20(21-11-25-28-22(21)10-19)23-14-33(31-29-23)13-17-4-5-24(30-27-17)32-7-2-3-16(12-32)26-18-6-8-35-15-18/h4-5,9-11,14,16,18,26H,2-3,6-8,12-13,15H2,1H3,(H,25,28)/t16-,18?/m1/s1. The SMILES string of the molecule is COc1cc(-c2cn(Cc3ccc(N4CCC[C@@H](NC5CCOC5)C4)nn3)nn2)c2cn[nH]c2c1. The third-order valence-electron chi connectivity index (χ3n) is 6.76. The van der Waals surface area contributed by atoms with Gasteiger partial charge in [0.25, 0.3) is 0 Å². The molecule has 5 heterocycles. The summed E-state index contributed by atoms with van der Waals surface area (Å²) in [5, 5.41) is 29.5. The van der Waals surface area contributed by atoms with E-state index < -0.39 is 0 Å². The number of hydrogen-bond acceptors (Lipinski definition) is 9. The minimum absolute atomic E-state index is 0.462. The minimum Gasteiger partial charge on any atom is -0.497 e. The number of aromatic nitrogens is 7. The summed E-state index contributed by atoms with van der Waals surface area (Å²) in [4.78, 5) is 2.32. The van der Waals surface area contributed by atoms with Crippen LogP contribution in [0.2, 0.25) is 0 Å². The number of rotatable bonds is 7. The maximum atomic E-state index is 5.50.